The second-order valence-electron chi connectivity index (χ2n) is 6.68. The van der Waals surface area contributed by atoms with Gasteiger partial charge in [0.2, 0.25) is 0 Å². The third-order valence-electron chi connectivity index (χ3n) is 5.31. The monoisotopic (exact) mass is 320 g/mol. The topological polar surface area (TPSA) is 45.2 Å². The summed E-state index contributed by atoms with van der Waals surface area (Å²) in [5, 5.41) is 10.6. The average molecular weight is 320 g/mol. The van der Waals surface area contributed by atoms with Gasteiger partial charge in [-0.2, -0.15) is 0 Å². The van der Waals surface area contributed by atoms with E-state index in [9.17, 15) is 5.11 Å². The molecule has 0 aliphatic carbocycles. The van der Waals surface area contributed by atoms with Crippen LogP contribution in [-0.4, -0.2) is 61.8 Å². The average Bonchev–Trinajstić information content (AvgIpc) is 2.97. The highest BCUT2D eigenvalue weighted by Crippen LogP contribution is 2.39. The number of aliphatic hydroxyl groups is 1. The molecule has 1 aromatic carbocycles. The zero-order valence-electron chi connectivity index (χ0n) is 14.4. The van der Waals surface area contributed by atoms with Crippen LogP contribution < -0.4 is 9.47 Å². The summed E-state index contributed by atoms with van der Waals surface area (Å²) in [6.45, 7) is 3.68. The van der Waals surface area contributed by atoms with Crippen LogP contribution >= 0.6 is 0 Å². The van der Waals surface area contributed by atoms with Crippen molar-refractivity contribution in [3.05, 3.63) is 23.3 Å². The first-order chi connectivity index (χ1) is 11.1. The maximum absolute atomic E-state index is 10.6. The van der Waals surface area contributed by atoms with Gasteiger partial charge >= 0.3 is 0 Å². The Morgan fingerprint density at radius 1 is 1.22 bits per heavy atom. The molecule has 2 aliphatic heterocycles. The molecule has 2 heterocycles. The standard InChI is InChI=1S/C18H28N2O3/c1-19-9-4-5-13(19)8-10-20-11-14-16(22-2)6-7-17(23-3)18(14)15(21)12-20/h6-7,13,15,21H,4-5,8-12H2,1-3H3. The lowest BCUT2D eigenvalue weighted by molar-refractivity contribution is 0.0834. The minimum atomic E-state index is -0.523. The number of likely N-dealkylation sites (tertiary alicyclic amines) is 1. The summed E-state index contributed by atoms with van der Waals surface area (Å²) in [6.07, 6.45) is 3.23. The van der Waals surface area contributed by atoms with E-state index < -0.39 is 6.10 Å². The summed E-state index contributed by atoms with van der Waals surface area (Å²) in [5.41, 5.74) is 1.95. The van der Waals surface area contributed by atoms with Gasteiger partial charge < -0.3 is 19.5 Å². The number of hydrogen-bond acceptors (Lipinski definition) is 5. The first kappa shape index (κ1) is 16.6. The minimum Gasteiger partial charge on any atom is -0.496 e. The largest absolute Gasteiger partial charge is 0.496 e. The first-order valence-electron chi connectivity index (χ1n) is 8.48. The van der Waals surface area contributed by atoms with Gasteiger partial charge in [-0.3, -0.25) is 4.90 Å². The van der Waals surface area contributed by atoms with E-state index in [-0.39, 0.29) is 0 Å². The highest BCUT2D eigenvalue weighted by atomic mass is 16.5. The Morgan fingerprint density at radius 3 is 2.61 bits per heavy atom. The summed E-state index contributed by atoms with van der Waals surface area (Å²) >= 11 is 0. The highest BCUT2D eigenvalue weighted by molar-refractivity contribution is 5.51. The lowest BCUT2D eigenvalue weighted by atomic mass is 9.95. The van der Waals surface area contributed by atoms with E-state index in [4.69, 9.17) is 9.47 Å². The summed E-state index contributed by atoms with van der Waals surface area (Å²) in [5.74, 6) is 1.59. The van der Waals surface area contributed by atoms with Crippen molar-refractivity contribution < 1.29 is 14.6 Å². The van der Waals surface area contributed by atoms with Crippen molar-refractivity contribution in [3.63, 3.8) is 0 Å². The van der Waals surface area contributed by atoms with Crippen LogP contribution in [0.15, 0.2) is 12.1 Å². The van der Waals surface area contributed by atoms with Gasteiger partial charge in [0, 0.05) is 36.8 Å². The maximum Gasteiger partial charge on any atom is 0.125 e. The molecular weight excluding hydrogens is 292 g/mol. The van der Waals surface area contributed by atoms with Crippen LogP contribution in [0.1, 0.15) is 36.5 Å². The van der Waals surface area contributed by atoms with E-state index in [1.54, 1.807) is 14.2 Å². The van der Waals surface area contributed by atoms with Crippen LogP contribution in [0.25, 0.3) is 0 Å². The second kappa shape index (κ2) is 7.07. The van der Waals surface area contributed by atoms with Crippen LogP contribution in [0.4, 0.5) is 0 Å². The maximum atomic E-state index is 10.6. The molecular formula is C18H28N2O3. The lowest BCUT2D eigenvalue weighted by Crippen LogP contribution is -2.37. The number of nitrogens with zero attached hydrogens (tertiary/aromatic N) is 2. The fourth-order valence-electron chi connectivity index (χ4n) is 3.99. The summed E-state index contributed by atoms with van der Waals surface area (Å²) in [4.78, 5) is 4.79. The van der Waals surface area contributed by atoms with Crippen molar-refractivity contribution in [2.24, 2.45) is 0 Å². The third kappa shape index (κ3) is 3.32. The van der Waals surface area contributed by atoms with E-state index in [0.717, 1.165) is 42.1 Å². The van der Waals surface area contributed by atoms with Gasteiger partial charge in [0.15, 0.2) is 0 Å². The third-order valence-corrected chi connectivity index (χ3v) is 5.31. The molecule has 0 bridgehead atoms. The lowest BCUT2D eigenvalue weighted by Gasteiger charge is -2.34. The number of aliphatic hydroxyl groups excluding tert-OH is 1. The molecule has 3 rings (SSSR count). The Hall–Kier alpha value is -1.30. The van der Waals surface area contributed by atoms with Gasteiger partial charge in [-0.15, -0.1) is 0 Å². The van der Waals surface area contributed by atoms with Crippen LogP contribution in [0.5, 0.6) is 11.5 Å². The van der Waals surface area contributed by atoms with E-state index in [0.29, 0.717) is 12.6 Å². The molecule has 1 N–H and O–H groups in total. The van der Waals surface area contributed by atoms with Crippen LogP contribution in [-0.2, 0) is 6.54 Å². The van der Waals surface area contributed by atoms with Crippen LogP contribution in [0.2, 0.25) is 0 Å². The number of hydrogen-bond donors (Lipinski definition) is 1. The molecule has 0 amide bonds. The molecule has 23 heavy (non-hydrogen) atoms. The quantitative estimate of drug-likeness (QED) is 0.899. The Morgan fingerprint density at radius 2 is 1.96 bits per heavy atom. The molecule has 1 aromatic rings. The van der Waals surface area contributed by atoms with E-state index in [1.807, 2.05) is 12.1 Å². The second-order valence-corrected chi connectivity index (χ2v) is 6.68. The van der Waals surface area contributed by atoms with Gasteiger partial charge in [-0.1, -0.05) is 0 Å². The Labute approximate surface area is 138 Å². The molecule has 1 saturated heterocycles. The van der Waals surface area contributed by atoms with E-state index in [1.165, 1.54) is 19.4 Å². The highest BCUT2D eigenvalue weighted by Gasteiger charge is 2.30. The Kier molecular flexibility index (Phi) is 5.09. The number of fused-ring (bicyclic) bond motifs is 1. The number of ether oxygens (including phenoxy) is 2. The molecule has 5 heteroatoms. The SMILES string of the molecule is COc1ccc(OC)c2c1CN(CCC1CCCN1C)CC2O. The normalized spacial score (nSPS) is 25.4. The molecule has 5 nitrogen and oxygen atoms in total. The summed E-state index contributed by atoms with van der Waals surface area (Å²) in [6, 6.07) is 4.49. The summed E-state index contributed by atoms with van der Waals surface area (Å²) < 4.78 is 10.9. The van der Waals surface area contributed by atoms with E-state index in [2.05, 4.69) is 16.8 Å². The Balaban J connectivity index is 1.74. The van der Waals surface area contributed by atoms with Crippen molar-refractivity contribution >= 4 is 0 Å². The van der Waals surface area contributed by atoms with Crippen molar-refractivity contribution in [2.45, 2.75) is 38.0 Å². The van der Waals surface area contributed by atoms with Gasteiger partial charge in [-0.25, -0.2) is 0 Å². The fourth-order valence-corrected chi connectivity index (χ4v) is 3.99. The molecule has 0 saturated carbocycles. The molecule has 2 aliphatic rings. The minimum absolute atomic E-state index is 0.523. The van der Waals surface area contributed by atoms with Gasteiger partial charge in [0.25, 0.3) is 0 Å². The van der Waals surface area contributed by atoms with Crippen molar-refractivity contribution in [1.82, 2.24) is 9.80 Å². The molecule has 0 spiro atoms. The van der Waals surface area contributed by atoms with Gasteiger partial charge in [-0.05, 0) is 45.0 Å². The number of methoxy groups -OCH3 is 2. The molecule has 2 atom stereocenters. The molecule has 1 fully saturated rings. The zero-order valence-corrected chi connectivity index (χ0v) is 14.4. The molecule has 0 aromatic heterocycles. The van der Waals surface area contributed by atoms with Crippen molar-refractivity contribution in [2.75, 3.05) is 40.9 Å². The predicted molar refractivity (Wildman–Crippen MR) is 90.1 cm³/mol. The smallest absolute Gasteiger partial charge is 0.125 e. The number of rotatable bonds is 5. The predicted octanol–water partition coefficient (Wildman–Crippen LogP) is 2.04. The first-order valence-corrected chi connectivity index (χ1v) is 8.48. The van der Waals surface area contributed by atoms with Crippen LogP contribution in [0.3, 0.4) is 0 Å². The zero-order chi connectivity index (χ0) is 16.4. The van der Waals surface area contributed by atoms with Crippen molar-refractivity contribution in [1.29, 1.82) is 0 Å². The Bertz CT molecular complexity index is 549. The van der Waals surface area contributed by atoms with Crippen molar-refractivity contribution in [3.8, 4) is 11.5 Å². The number of benzene rings is 1. The molecule has 0 radical (unpaired) electrons. The van der Waals surface area contributed by atoms with Crippen LogP contribution in [0, 0.1) is 0 Å². The molecule has 2 unspecified atom stereocenters. The van der Waals surface area contributed by atoms with Gasteiger partial charge in [0.1, 0.15) is 11.5 Å². The molecule has 128 valence electrons. The summed E-state index contributed by atoms with van der Waals surface area (Å²) in [7, 11) is 5.55. The van der Waals surface area contributed by atoms with E-state index >= 15 is 0 Å². The van der Waals surface area contributed by atoms with Gasteiger partial charge in [0.05, 0.1) is 20.3 Å². The fraction of sp³-hybridized carbons (Fsp3) is 0.667. The number of β-amino-alcohol motifs (C(OH)–C–C–N with tert-alkyl or cyclic N) is 1.